The highest BCUT2D eigenvalue weighted by molar-refractivity contribution is 14.1. The summed E-state index contributed by atoms with van der Waals surface area (Å²) in [5.74, 6) is 0. The number of rotatable bonds is 4. The van der Waals surface area contributed by atoms with E-state index in [2.05, 4.69) is 78.0 Å². The Morgan fingerprint density at radius 1 is 1.14 bits per heavy atom. The molecule has 21 heavy (non-hydrogen) atoms. The molecule has 0 N–H and O–H groups in total. The highest BCUT2D eigenvalue weighted by atomic mass is 127. The van der Waals surface area contributed by atoms with Gasteiger partial charge in [-0.1, -0.05) is 71.1 Å². The highest BCUT2D eigenvalue weighted by Crippen LogP contribution is 2.37. The van der Waals surface area contributed by atoms with Crippen LogP contribution >= 0.6 is 22.6 Å². The standard InChI is InChI=1S/C19H21IO/c1-14-7-2-4-10-16(14)19(13-20)21-18-12-6-9-15-8-3-5-11-17(15)18/h2-5,7-8,10-11,18-19H,6,9,12-13H2,1H3. The van der Waals surface area contributed by atoms with Gasteiger partial charge in [-0.3, -0.25) is 0 Å². The summed E-state index contributed by atoms with van der Waals surface area (Å²) in [5, 5.41) is 0. The molecule has 1 aliphatic carbocycles. The van der Waals surface area contributed by atoms with Gasteiger partial charge in [-0.15, -0.1) is 0 Å². The van der Waals surface area contributed by atoms with Gasteiger partial charge in [-0.2, -0.15) is 0 Å². The summed E-state index contributed by atoms with van der Waals surface area (Å²) in [6.45, 7) is 2.17. The Morgan fingerprint density at radius 2 is 1.90 bits per heavy atom. The molecule has 2 aromatic carbocycles. The Labute approximate surface area is 140 Å². The number of ether oxygens (including phenoxy) is 1. The second kappa shape index (κ2) is 6.93. The minimum atomic E-state index is 0.183. The van der Waals surface area contributed by atoms with E-state index in [1.807, 2.05) is 0 Å². The van der Waals surface area contributed by atoms with Crippen molar-refractivity contribution in [3.05, 3.63) is 70.8 Å². The van der Waals surface area contributed by atoms with E-state index in [1.54, 1.807) is 0 Å². The van der Waals surface area contributed by atoms with E-state index in [9.17, 15) is 0 Å². The molecule has 0 saturated heterocycles. The molecule has 1 aliphatic rings. The molecular formula is C19H21IO. The molecule has 0 aliphatic heterocycles. The molecule has 0 bridgehead atoms. The van der Waals surface area contributed by atoms with Gasteiger partial charge in [-0.25, -0.2) is 0 Å². The lowest BCUT2D eigenvalue weighted by Crippen LogP contribution is -2.17. The molecule has 0 amide bonds. The lowest BCUT2D eigenvalue weighted by molar-refractivity contribution is -0.0104. The van der Waals surface area contributed by atoms with E-state index in [4.69, 9.17) is 4.74 Å². The fourth-order valence-electron chi connectivity index (χ4n) is 3.19. The Bertz CT molecular complexity index is 608. The van der Waals surface area contributed by atoms with Crippen LogP contribution in [0.2, 0.25) is 0 Å². The van der Waals surface area contributed by atoms with Crippen LogP contribution in [0.25, 0.3) is 0 Å². The van der Waals surface area contributed by atoms with Gasteiger partial charge in [0.25, 0.3) is 0 Å². The third-order valence-electron chi connectivity index (χ3n) is 4.32. The molecule has 3 rings (SSSR count). The molecular weight excluding hydrogens is 371 g/mol. The highest BCUT2D eigenvalue weighted by Gasteiger charge is 2.24. The molecule has 0 heterocycles. The van der Waals surface area contributed by atoms with E-state index in [-0.39, 0.29) is 12.2 Å². The summed E-state index contributed by atoms with van der Waals surface area (Å²) in [5.41, 5.74) is 5.51. The molecule has 2 aromatic rings. The molecule has 0 radical (unpaired) electrons. The van der Waals surface area contributed by atoms with Gasteiger partial charge in [0.05, 0.1) is 12.2 Å². The quantitative estimate of drug-likeness (QED) is 0.489. The molecule has 0 saturated carbocycles. The topological polar surface area (TPSA) is 9.23 Å². The van der Waals surface area contributed by atoms with Crippen molar-refractivity contribution in [3.8, 4) is 0 Å². The van der Waals surface area contributed by atoms with Gasteiger partial charge in [0.2, 0.25) is 0 Å². The smallest absolute Gasteiger partial charge is 0.0925 e. The SMILES string of the molecule is Cc1ccccc1C(CI)OC1CCCc2ccccc21. The minimum absolute atomic E-state index is 0.183. The van der Waals surface area contributed by atoms with Gasteiger partial charge in [-0.05, 0) is 48.4 Å². The van der Waals surface area contributed by atoms with Crippen molar-refractivity contribution in [1.82, 2.24) is 0 Å². The monoisotopic (exact) mass is 392 g/mol. The van der Waals surface area contributed by atoms with Crippen molar-refractivity contribution in [2.75, 3.05) is 4.43 Å². The molecule has 0 spiro atoms. The first-order valence-electron chi connectivity index (χ1n) is 7.64. The Balaban J connectivity index is 1.84. The predicted octanol–water partition coefficient (Wildman–Crippen LogP) is 5.57. The maximum absolute atomic E-state index is 6.53. The van der Waals surface area contributed by atoms with E-state index in [0.29, 0.717) is 0 Å². The number of hydrogen-bond donors (Lipinski definition) is 0. The summed E-state index contributed by atoms with van der Waals surface area (Å²) in [7, 11) is 0. The fraction of sp³-hybridized carbons (Fsp3) is 0.368. The molecule has 2 unspecified atom stereocenters. The van der Waals surface area contributed by atoms with Crippen LogP contribution in [-0.4, -0.2) is 4.43 Å². The van der Waals surface area contributed by atoms with E-state index >= 15 is 0 Å². The van der Waals surface area contributed by atoms with Crippen LogP contribution in [0.5, 0.6) is 0 Å². The van der Waals surface area contributed by atoms with Crippen LogP contribution < -0.4 is 0 Å². The van der Waals surface area contributed by atoms with Crippen LogP contribution in [0.4, 0.5) is 0 Å². The first kappa shape index (κ1) is 15.0. The summed E-state index contributed by atoms with van der Waals surface area (Å²) < 4.78 is 7.51. The molecule has 2 atom stereocenters. The zero-order chi connectivity index (χ0) is 14.7. The summed E-state index contributed by atoms with van der Waals surface area (Å²) in [4.78, 5) is 0. The predicted molar refractivity (Wildman–Crippen MR) is 96.0 cm³/mol. The van der Waals surface area contributed by atoms with Crippen LogP contribution in [-0.2, 0) is 11.2 Å². The maximum atomic E-state index is 6.53. The molecule has 2 heteroatoms. The van der Waals surface area contributed by atoms with Crippen LogP contribution in [0.1, 0.15) is 47.3 Å². The normalized spacial score (nSPS) is 19.0. The zero-order valence-corrected chi connectivity index (χ0v) is 14.5. The van der Waals surface area contributed by atoms with Gasteiger partial charge in [0.15, 0.2) is 0 Å². The van der Waals surface area contributed by atoms with E-state index in [1.165, 1.54) is 35.1 Å². The number of benzene rings is 2. The third-order valence-corrected chi connectivity index (χ3v) is 5.12. The van der Waals surface area contributed by atoms with Crippen LogP contribution in [0, 0.1) is 6.92 Å². The van der Waals surface area contributed by atoms with Crippen LogP contribution in [0.3, 0.4) is 0 Å². The number of fused-ring (bicyclic) bond motifs is 1. The van der Waals surface area contributed by atoms with Crippen molar-refractivity contribution in [1.29, 1.82) is 0 Å². The van der Waals surface area contributed by atoms with Gasteiger partial charge >= 0.3 is 0 Å². The van der Waals surface area contributed by atoms with Crippen LogP contribution in [0.15, 0.2) is 48.5 Å². The van der Waals surface area contributed by atoms with Gasteiger partial charge in [0, 0.05) is 4.43 Å². The maximum Gasteiger partial charge on any atom is 0.0925 e. The third kappa shape index (κ3) is 3.32. The summed E-state index contributed by atoms with van der Waals surface area (Å²) >= 11 is 2.44. The fourth-order valence-corrected chi connectivity index (χ4v) is 3.87. The molecule has 110 valence electrons. The molecule has 1 nitrogen and oxygen atoms in total. The van der Waals surface area contributed by atoms with Crippen molar-refractivity contribution < 1.29 is 4.74 Å². The number of halogens is 1. The van der Waals surface area contributed by atoms with Crippen molar-refractivity contribution in [2.45, 2.75) is 38.4 Å². The second-order valence-electron chi connectivity index (χ2n) is 5.72. The van der Waals surface area contributed by atoms with Gasteiger partial charge in [0.1, 0.15) is 0 Å². The van der Waals surface area contributed by atoms with Gasteiger partial charge < -0.3 is 4.74 Å². The summed E-state index contributed by atoms with van der Waals surface area (Å²) in [6.07, 6.45) is 3.98. The Morgan fingerprint density at radius 3 is 2.71 bits per heavy atom. The average Bonchev–Trinajstić information content (AvgIpc) is 2.53. The second-order valence-corrected chi connectivity index (χ2v) is 6.60. The molecule has 0 fully saturated rings. The van der Waals surface area contributed by atoms with Crippen molar-refractivity contribution >= 4 is 22.6 Å². The van der Waals surface area contributed by atoms with Crippen molar-refractivity contribution in [2.24, 2.45) is 0 Å². The number of aryl methyl sites for hydroxylation is 2. The minimum Gasteiger partial charge on any atom is -0.365 e. The lowest BCUT2D eigenvalue weighted by atomic mass is 9.89. The number of hydrogen-bond acceptors (Lipinski definition) is 1. The first-order chi connectivity index (χ1) is 10.3. The zero-order valence-electron chi connectivity index (χ0n) is 12.4. The Kier molecular flexibility index (Phi) is 4.96. The first-order valence-corrected chi connectivity index (χ1v) is 9.17. The average molecular weight is 392 g/mol. The lowest BCUT2D eigenvalue weighted by Gasteiger charge is -2.30. The molecule has 0 aromatic heterocycles. The van der Waals surface area contributed by atoms with E-state index in [0.717, 1.165) is 10.8 Å². The number of alkyl halides is 1. The summed E-state index contributed by atoms with van der Waals surface area (Å²) in [6, 6.07) is 17.3. The van der Waals surface area contributed by atoms with Crippen molar-refractivity contribution in [3.63, 3.8) is 0 Å². The Hall–Kier alpha value is -0.870. The largest absolute Gasteiger partial charge is 0.365 e. The van der Waals surface area contributed by atoms with E-state index < -0.39 is 0 Å².